The van der Waals surface area contributed by atoms with Crippen molar-refractivity contribution in [3.8, 4) is 5.75 Å². The number of nitrogens with zero attached hydrogens (tertiary/aromatic N) is 2. The molecule has 0 radical (unpaired) electrons. The standard InChI is InChI=1S/C30H27ClN4O5S/c1-22-11-15-24(16-12-22)33-30(37)21-40-25-17-13-23(14-18-25)19-32-34-29(36)20-35(28-10-6-5-9-27(28)31)41(38,39)26-7-3-2-4-8-26/h2-19H,20-21H2,1H3,(H,33,37)(H,34,36)/b32-19-. The zero-order valence-electron chi connectivity index (χ0n) is 22.0. The number of amides is 2. The Balaban J connectivity index is 1.34. The van der Waals surface area contributed by atoms with E-state index in [1.54, 1.807) is 60.7 Å². The second-order valence-corrected chi connectivity index (χ2v) is 11.1. The van der Waals surface area contributed by atoms with Gasteiger partial charge in [0, 0.05) is 5.69 Å². The minimum absolute atomic E-state index is 0.0196. The van der Waals surface area contributed by atoms with Crippen molar-refractivity contribution in [2.75, 3.05) is 22.8 Å². The van der Waals surface area contributed by atoms with Gasteiger partial charge in [-0.3, -0.25) is 13.9 Å². The number of anilines is 2. The monoisotopic (exact) mass is 590 g/mol. The molecule has 0 atom stereocenters. The van der Waals surface area contributed by atoms with E-state index in [0.717, 1.165) is 9.87 Å². The van der Waals surface area contributed by atoms with E-state index < -0.39 is 22.5 Å². The molecule has 0 spiro atoms. The lowest BCUT2D eigenvalue weighted by atomic mass is 10.2. The first kappa shape index (κ1) is 29.3. The maximum Gasteiger partial charge on any atom is 0.264 e. The van der Waals surface area contributed by atoms with Crippen LogP contribution in [0.1, 0.15) is 11.1 Å². The third-order valence-electron chi connectivity index (χ3n) is 5.73. The van der Waals surface area contributed by atoms with Crippen LogP contribution in [-0.4, -0.2) is 39.6 Å². The number of carbonyl (C=O) groups excluding carboxylic acids is 2. The first-order valence-electron chi connectivity index (χ1n) is 12.5. The summed E-state index contributed by atoms with van der Waals surface area (Å²) < 4.78 is 33.2. The zero-order chi connectivity index (χ0) is 29.2. The van der Waals surface area contributed by atoms with Crippen molar-refractivity contribution in [2.45, 2.75) is 11.8 Å². The number of carbonyl (C=O) groups is 2. The van der Waals surface area contributed by atoms with Gasteiger partial charge in [-0.15, -0.1) is 0 Å². The SMILES string of the molecule is Cc1ccc(NC(=O)COc2ccc(/C=N\NC(=O)CN(c3ccccc3Cl)S(=O)(=O)c3ccccc3)cc2)cc1. The average Bonchev–Trinajstić information content (AvgIpc) is 2.97. The van der Waals surface area contributed by atoms with Crippen molar-refractivity contribution in [3.63, 3.8) is 0 Å². The van der Waals surface area contributed by atoms with Gasteiger partial charge in [-0.2, -0.15) is 5.10 Å². The maximum atomic E-state index is 13.4. The Kier molecular flexibility index (Phi) is 9.73. The Morgan fingerprint density at radius 3 is 2.22 bits per heavy atom. The number of para-hydroxylation sites is 1. The van der Waals surface area contributed by atoms with E-state index in [1.165, 1.54) is 24.4 Å². The molecule has 4 rings (SSSR count). The summed E-state index contributed by atoms with van der Waals surface area (Å²) in [6, 6.07) is 28.3. The summed E-state index contributed by atoms with van der Waals surface area (Å²) in [6.07, 6.45) is 1.40. The summed E-state index contributed by atoms with van der Waals surface area (Å²) in [5, 5.41) is 6.88. The van der Waals surface area contributed by atoms with Gasteiger partial charge in [-0.25, -0.2) is 13.8 Å². The third kappa shape index (κ3) is 8.17. The van der Waals surface area contributed by atoms with Gasteiger partial charge in [0.05, 0.1) is 21.8 Å². The van der Waals surface area contributed by atoms with Gasteiger partial charge >= 0.3 is 0 Å². The number of aryl methyl sites for hydroxylation is 1. The molecule has 0 saturated carbocycles. The fourth-order valence-electron chi connectivity index (χ4n) is 3.65. The summed E-state index contributed by atoms with van der Waals surface area (Å²) in [7, 11) is -4.09. The minimum atomic E-state index is -4.09. The fourth-order valence-corrected chi connectivity index (χ4v) is 5.40. The highest BCUT2D eigenvalue weighted by atomic mass is 35.5. The van der Waals surface area contributed by atoms with Gasteiger partial charge in [-0.1, -0.05) is 59.6 Å². The summed E-state index contributed by atoms with van der Waals surface area (Å²) >= 11 is 6.27. The van der Waals surface area contributed by atoms with Crippen molar-refractivity contribution in [1.29, 1.82) is 0 Å². The molecule has 11 heteroatoms. The van der Waals surface area contributed by atoms with E-state index >= 15 is 0 Å². The molecule has 4 aromatic rings. The molecule has 41 heavy (non-hydrogen) atoms. The molecule has 0 unspecified atom stereocenters. The summed E-state index contributed by atoms with van der Waals surface area (Å²) in [5.74, 6) is -0.478. The topological polar surface area (TPSA) is 117 Å². The maximum absolute atomic E-state index is 13.4. The van der Waals surface area contributed by atoms with E-state index in [4.69, 9.17) is 16.3 Å². The number of nitrogens with one attached hydrogen (secondary N) is 2. The molecule has 0 saturated heterocycles. The Hall–Kier alpha value is -4.67. The number of benzene rings is 4. The molecular formula is C30H27ClN4O5S. The van der Waals surface area contributed by atoms with Gasteiger partial charge in [0.25, 0.3) is 21.8 Å². The van der Waals surface area contributed by atoms with Crippen LogP contribution in [0.25, 0.3) is 0 Å². The lowest BCUT2D eigenvalue weighted by Crippen LogP contribution is -2.39. The Labute approximate surface area is 243 Å². The van der Waals surface area contributed by atoms with Gasteiger partial charge in [-0.05, 0) is 73.2 Å². The van der Waals surface area contributed by atoms with Crippen molar-refractivity contribution in [1.82, 2.24) is 5.43 Å². The third-order valence-corrected chi connectivity index (χ3v) is 7.82. The second kappa shape index (κ2) is 13.6. The molecule has 0 fully saturated rings. The van der Waals surface area contributed by atoms with E-state index in [0.29, 0.717) is 17.0 Å². The predicted molar refractivity (Wildman–Crippen MR) is 160 cm³/mol. The Morgan fingerprint density at radius 1 is 0.878 bits per heavy atom. The number of hydrogen-bond acceptors (Lipinski definition) is 6. The van der Waals surface area contributed by atoms with E-state index in [2.05, 4.69) is 15.8 Å². The van der Waals surface area contributed by atoms with Crippen LogP contribution in [-0.2, 0) is 19.6 Å². The number of sulfonamides is 1. The Bertz CT molecular complexity index is 1630. The molecule has 210 valence electrons. The molecule has 2 N–H and O–H groups in total. The predicted octanol–water partition coefficient (Wildman–Crippen LogP) is 5.01. The van der Waals surface area contributed by atoms with Crippen molar-refractivity contribution >= 4 is 51.0 Å². The number of hydrazone groups is 1. The van der Waals surface area contributed by atoms with Crippen LogP contribution in [0.15, 0.2) is 113 Å². The highest BCUT2D eigenvalue weighted by Gasteiger charge is 2.28. The highest BCUT2D eigenvalue weighted by Crippen LogP contribution is 2.30. The minimum Gasteiger partial charge on any atom is -0.484 e. The molecular weight excluding hydrogens is 564 g/mol. The van der Waals surface area contributed by atoms with Crippen LogP contribution >= 0.6 is 11.6 Å². The highest BCUT2D eigenvalue weighted by molar-refractivity contribution is 7.92. The molecule has 0 aliphatic carbocycles. The van der Waals surface area contributed by atoms with Crippen LogP contribution in [0.5, 0.6) is 5.75 Å². The molecule has 0 aliphatic rings. The van der Waals surface area contributed by atoms with Crippen LogP contribution in [0, 0.1) is 6.92 Å². The number of hydrogen-bond donors (Lipinski definition) is 2. The van der Waals surface area contributed by atoms with E-state index in [1.807, 2.05) is 31.2 Å². The van der Waals surface area contributed by atoms with Gasteiger partial charge in [0.15, 0.2) is 6.61 Å². The van der Waals surface area contributed by atoms with Gasteiger partial charge < -0.3 is 10.1 Å². The van der Waals surface area contributed by atoms with E-state index in [-0.39, 0.29) is 28.1 Å². The summed E-state index contributed by atoms with van der Waals surface area (Å²) in [5.41, 5.74) is 4.94. The average molecular weight is 591 g/mol. The van der Waals surface area contributed by atoms with Crippen LogP contribution in [0.4, 0.5) is 11.4 Å². The van der Waals surface area contributed by atoms with Gasteiger partial charge in [0.1, 0.15) is 12.3 Å². The first-order chi connectivity index (χ1) is 19.7. The van der Waals surface area contributed by atoms with Crippen LogP contribution in [0.2, 0.25) is 5.02 Å². The van der Waals surface area contributed by atoms with Crippen LogP contribution < -0.4 is 19.8 Å². The molecule has 4 aromatic carbocycles. The number of halogens is 1. The molecule has 0 aromatic heterocycles. The largest absolute Gasteiger partial charge is 0.484 e. The van der Waals surface area contributed by atoms with Crippen molar-refractivity contribution in [3.05, 3.63) is 119 Å². The zero-order valence-corrected chi connectivity index (χ0v) is 23.6. The smallest absolute Gasteiger partial charge is 0.264 e. The first-order valence-corrected chi connectivity index (χ1v) is 14.3. The normalized spacial score (nSPS) is 11.2. The van der Waals surface area contributed by atoms with E-state index in [9.17, 15) is 18.0 Å². The molecule has 0 aliphatic heterocycles. The number of ether oxygens (including phenoxy) is 1. The van der Waals surface area contributed by atoms with Crippen LogP contribution in [0.3, 0.4) is 0 Å². The molecule has 2 amide bonds. The van der Waals surface area contributed by atoms with Crippen molar-refractivity contribution in [2.24, 2.45) is 5.10 Å². The van der Waals surface area contributed by atoms with Crippen molar-refractivity contribution < 1.29 is 22.7 Å². The quantitative estimate of drug-likeness (QED) is 0.188. The summed E-state index contributed by atoms with van der Waals surface area (Å²) in [4.78, 5) is 24.9. The summed E-state index contributed by atoms with van der Waals surface area (Å²) in [6.45, 7) is 1.26. The second-order valence-electron chi connectivity index (χ2n) is 8.84. The lowest BCUT2D eigenvalue weighted by molar-refractivity contribution is -0.119. The van der Waals surface area contributed by atoms with Gasteiger partial charge in [0.2, 0.25) is 0 Å². The number of rotatable bonds is 11. The Morgan fingerprint density at radius 2 is 1.54 bits per heavy atom. The molecule has 0 heterocycles. The molecule has 9 nitrogen and oxygen atoms in total. The fraction of sp³-hybridized carbons (Fsp3) is 0.100. The lowest BCUT2D eigenvalue weighted by Gasteiger charge is -2.24. The molecule has 0 bridgehead atoms.